The van der Waals surface area contributed by atoms with E-state index in [1.54, 1.807) is 13.8 Å². The number of hydrogen-bond acceptors (Lipinski definition) is 6. The number of halogens is 2. The van der Waals surface area contributed by atoms with E-state index in [9.17, 15) is 38.5 Å². The van der Waals surface area contributed by atoms with Crippen LogP contribution in [0.15, 0.2) is 12.1 Å². The second kappa shape index (κ2) is 8.89. The van der Waals surface area contributed by atoms with Crippen LogP contribution in [0.2, 0.25) is 0 Å². The SMILES string of the molecule is Cc1[nH]c(/C=C2\C(=O)Nc3ccc(F)c(F)c32)c(C)c1C(=O)N[C@@H](O)C[C@@H](O)CC(=O)[O-]. The van der Waals surface area contributed by atoms with Crippen LogP contribution in [-0.4, -0.2) is 45.3 Å². The van der Waals surface area contributed by atoms with Crippen molar-refractivity contribution >= 4 is 35.1 Å². The Morgan fingerprint density at radius 2 is 1.94 bits per heavy atom. The third-order valence-electron chi connectivity index (χ3n) is 5.04. The number of aliphatic hydroxyl groups excluding tert-OH is 2. The van der Waals surface area contributed by atoms with Crippen LogP contribution in [0.25, 0.3) is 11.6 Å². The molecule has 0 unspecified atom stereocenters. The fourth-order valence-corrected chi connectivity index (χ4v) is 3.58. The minimum Gasteiger partial charge on any atom is -0.550 e. The molecule has 9 nitrogen and oxygen atoms in total. The number of aliphatic hydroxyl groups is 2. The van der Waals surface area contributed by atoms with Crippen LogP contribution in [-0.2, 0) is 9.59 Å². The first-order valence-corrected chi connectivity index (χ1v) is 9.57. The molecule has 0 fully saturated rings. The first-order chi connectivity index (χ1) is 15.0. The van der Waals surface area contributed by atoms with Gasteiger partial charge in [-0.15, -0.1) is 0 Å². The molecule has 5 N–H and O–H groups in total. The molecule has 0 aliphatic carbocycles. The van der Waals surface area contributed by atoms with Crippen molar-refractivity contribution in [2.75, 3.05) is 5.32 Å². The lowest BCUT2D eigenvalue weighted by atomic mass is 10.0. The number of amides is 2. The Balaban J connectivity index is 1.86. The molecule has 1 aromatic carbocycles. The zero-order valence-corrected chi connectivity index (χ0v) is 17.1. The number of anilines is 1. The number of carboxylic acids is 1. The van der Waals surface area contributed by atoms with Gasteiger partial charge in [0, 0.05) is 35.8 Å². The fraction of sp³-hybridized carbons (Fsp3) is 0.286. The highest BCUT2D eigenvalue weighted by atomic mass is 19.2. The molecule has 32 heavy (non-hydrogen) atoms. The summed E-state index contributed by atoms with van der Waals surface area (Å²) >= 11 is 0. The summed E-state index contributed by atoms with van der Waals surface area (Å²) in [6.45, 7) is 3.11. The van der Waals surface area contributed by atoms with Gasteiger partial charge < -0.3 is 35.7 Å². The van der Waals surface area contributed by atoms with Crippen molar-refractivity contribution in [3.8, 4) is 0 Å². The molecule has 0 radical (unpaired) electrons. The van der Waals surface area contributed by atoms with Gasteiger partial charge >= 0.3 is 0 Å². The molecule has 2 atom stereocenters. The number of fused-ring (bicyclic) bond motifs is 1. The van der Waals surface area contributed by atoms with Gasteiger partial charge in [0.05, 0.1) is 22.9 Å². The van der Waals surface area contributed by atoms with Crippen LogP contribution in [0.5, 0.6) is 0 Å². The standard InChI is InChI=1S/C21H21F2N3O6/c1-8-14(7-11-18-13(25-20(11)31)4-3-12(22)19(18)23)24-9(2)17(8)21(32)26-15(28)5-10(27)6-16(29)30/h3-4,7,10,15,24,27-28H,5-6H2,1-2H3,(H,25,31)(H,26,32)(H,29,30)/p-1/b11-7-/t10-,15+/m1/s1. The van der Waals surface area contributed by atoms with Gasteiger partial charge in [-0.3, -0.25) is 9.59 Å². The third kappa shape index (κ3) is 4.53. The summed E-state index contributed by atoms with van der Waals surface area (Å²) in [7, 11) is 0. The van der Waals surface area contributed by atoms with E-state index >= 15 is 0 Å². The van der Waals surface area contributed by atoms with E-state index < -0.39 is 54.6 Å². The second-order valence-corrected chi connectivity index (χ2v) is 7.41. The Hall–Kier alpha value is -3.57. The summed E-state index contributed by atoms with van der Waals surface area (Å²) in [5, 5.41) is 34.7. The Bertz CT molecular complexity index is 1140. The third-order valence-corrected chi connectivity index (χ3v) is 5.04. The zero-order chi connectivity index (χ0) is 23.7. The smallest absolute Gasteiger partial charge is 0.256 e. The van der Waals surface area contributed by atoms with Gasteiger partial charge in [-0.05, 0) is 37.6 Å². The number of carbonyl (C=O) groups is 3. The number of rotatable bonds is 7. The van der Waals surface area contributed by atoms with E-state index in [4.69, 9.17) is 0 Å². The monoisotopic (exact) mass is 448 g/mol. The van der Waals surface area contributed by atoms with Gasteiger partial charge in [0.15, 0.2) is 11.6 Å². The van der Waals surface area contributed by atoms with Crippen molar-refractivity contribution in [2.45, 2.75) is 39.0 Å². The number of aromatic amines is 1. The molecular weight excluding hydrogens is 428 g/mol. The van der Waals surface area contributed by atoms with Crippen LogP contribution in [0.3, 0.4) is 0 Å². The van der Waals surface area contributed by atoms with Crippen molar-refractivity contribution < 1.29 is 38.5 Å². The summed E-state index contributed by atoms with van der Waals surface area (Å²) in [5.41, 5.74) is 0.936. The molecule has 1 aliphatic rings. The normalized spacial score (nSPS) is 15.9. The lowest BCUT2D eigenvalue weighted by Gasteiger charge is -2.17. The Labute approximate surface area is 180 Å². The minimum atomic E-state index is -1.53. The van der Waals surface area contributed by atoms with Crippen LogP contribution < -0.4 is 15.7 Å². The van der Waals surface area contributed by atoms with E-state index in [0.29, 0.717) is 17.0 Å². The average Bonchev–Trinajstić information content (AvgIpc) is 3.13. The highest BCUT2D eigenvalue weighted by molar-refractivity contribution is 6.35. The number of benzene rings is 1. The molecule has 2 aromatic rings. The van der Waals surface area contributed by atoms with Gasteiger partial charge in [-0.1, -0.05) is 0 Å². The van der Waals surface area contributed by atoms with Gasteiger partial charge in [0.1, 0.15) is 6.23 Å². The van der Waals surface area contributed by atoms with Crippen LogP contribution in [0, 0.1) is 25.5 Å². The molecule has 1 aromatic heterocycles. The first kappa shape index (κ1) is 23.1. The maximum atomic E-state index is 14.3. The van der Waals surface area contributed by atoms with Gasteiger partial charge in [-0.25, -0.2) is 8.78 Å². The maximum absolute atomic E-state index is 14.3. The largest absolute Gasteiger partial charge is 0.550 e. The Morgan fingerprint density at radius 1 is 1.25 bits per heavy atom. The number of H-pyrrole nitrogens is 1. The molecule has 1 aliphatic heterocycles. The number of aliphatic carboxylic acids is 1. The Kier molecular flexibility index (Phi) is 6.42. The summed E-state index contributed by atoms with van der Waals surface area (Å²) in [6, 6.07) is 2.15. The number of aromatic nitrogens is 1. The van der Waals surface area contributed by atoms with Crippen LogP contribution in [0.4, 0.5) is 14.5 Å². The van der Waals surface area contributed by atoms with Crippen LogP contribution >= 0.6 is 0 Å². The van der Waals surface area contributed by atoms with Crippen molar-refractivity contribution in [2.24, 2.45) is 0 Å². The topological polar surface area (TPSA) is 155 Å². The molecule has 0 saturated heterocycles. The number of carbonyl (C=O) groups excluding carboxylic acids is 3. The summed E-state index contributed by atoms with van der Waals surface area (Å²) < 4.78 is 28.0. The van der Waals surface area contributed by atoms with Gasteiger partial charge in [0.2, 0.25) is 0 Å². The van der Waals surface area contributed by atoms with E-state index in [1.807, 2.05) is 0 Å². The van der Waals surface area contributed by atoms with E-state index in [0.717, 1.165) is 6.07 Å². The summed E-state index contributed by atoms with van der Waals surface area (Å²) in [4.78, 5) is 38.3. The average molecular weight is 448 g/mol. The fourth-order valence-electron chi connectivity index (χ4n) is 3.58. The van der Waals surface area contributed by atoms with Gasteiger partial charge in [-0.2, -0.15) is 0 Å². The maximum Gasteiger partial charge on any atom is 0.256 e. The Morgan fingerprint density at radius 3 is 2.59 bits per heavy atom. The molecule has 170 valence electrons. The van der Waals surface area contributed by atoms with E-state index in [2.05, 4.69) is 15.6 Å². The number of carboxylic acid groups (broad SMARTS) is 1. The van der Waals surface area contributed by atoms with E-state index in [-0.39, 0.29) is 22.4 Å². The van der Waals surface area contributed by atoms with E-state index in [1.165, 1.54) is 12.1 Å². The van der Waals surface area contributed by atoms with Crippen molar-refractivity contribution in [3.63, 3.8) is 0 Å². The molecular formula is C21H20F2N3O6-. The van der Waals surface area contributed by atoms with Crippen LogP contribution in [0.1, 0.15) is 45.7 Å². The number of hydrogen-bond donors (Lipinski definition) is 5. The number of nitrogens with one attached hydrogen (secondary N) is 3. The molecule has 0 spiro atoms. The first-order valence-electron chi connectivity index (χ1n) is 9.57. The van der Waals surface area contributed by atoms with Gasteiger partial charge in [0.25, 0.3) is 11.8 Å². The minimum absolute atomic E-state index is 0.122. The predicted octanol–water partition coefficient (Wildman–Crippen LogP) is 0.342. The van der Waals surface area contributed by atoms with Crippen molar-refractivity contribution in [1.29, 1.82) is 0 Å². The zero-order valence-electron chi connectivity index (χ0n) is 17.1. The molecule has 0 bridgehead atoms. The molecule has 2 amide bonds. The lowest BCUT2D eigenvalue weighted by Crippen LogP contribution is -2.39. The summed E-state index contributed by atoms with van der Waals surface area (Å²) in [5.74, 6) is -5.15. The second-order valence-electron chi connectivity index (χ2n) is 7.41. The molecule has 11 heteroatoms. The van der Waals surface area contributed by atoms with Crippen molar-refractivity contribution in [1.82, 2.24) is 10.3 Å². The molecule has 3 rings (SSSR count). The predicted molar refractivity (Wildman–Crippen MR) is 107 cm³/mol. The van der Waals surface area contributed by atoms with Crippen molar-refractivity contribution in [3.05, 3.63) is 51.8 Å². The number of aryl methyl sites for hydroxylation is 1. The highest BCUT2D eigenvalue weighted by Crippen LogP contribution is 2.36. The molecule has 2 heterocycles. The quantitative estimate of drug-likeness (QED) is 0.304. The molecule has 0 saturated carbocycles. The highest BCUT2D eigenvalue weighted by Gasteiger charge is 2.30. The summed E-state index contributed by atoms with van der Waals surface area (Å²) in [6.07, 6.45) is -2.78. The lowest BCUT2D eigenvalue weighted by molar-refractivity contribution is -0.307.